The molecular weight excluding hydrogens is 234 g/mol. The van der Waals surface area contributed by atoms with Gasteiger partial charge in [-0.15, -0.1) is 0 Å². The zero-order chi connectivity index (χ0) is 13.1. The van der Waals surface area contributed by atoms with Gasteiger partial charge in [-0.3, -0.25) is 0 Å². The van der Waals surface area contributed by atoms with E-state index in [1.807, 2.05) is 0 Å². The highest BCUT2D eigenvalue weighted by atomic mass is 15.0. The first kappa shape index (κ1) is 12.2. The topological polar surface area (TPSA) is 37.8 Å². The van der Waals surface area contributed by atoms with E-state index in [1.165, 1.54) is 11.1 Å². The maximum absolute atomic E-state index is 4.33. The molecule has 0 fully saturated rings. The first-order valence-electron chi connectivity index (χ1n) is 6.99. The number of nitrogens with zero attached hydrogens (tertiary/aromatic N) is 2. The summed E-state index contributed by atoms with van der Waals surface area (Å²) >= 11 is 0. The SMILES string of the molecule is CCCc1cc(NC2Cc3ccccc3C2)ncn1. The molecule has 19 heavy (non-hydrogen) atoms. The molecule has 0 unspecified atom stereocenters. The molecule has 1 heterocycles. The summed E-state index contributed by atoms with van der Waals surface area (Å²) in [7, 11) is 0. The Labute approximate surface area is 114 Å². The van der Waals surface area contributed by atoms with E-state index in [0.29, 0.717) is 6.04 Å². The molecule has 98 valence electrons. The molecule has 2 aromatic rings. The van der Waals surface area contributed by atoms with Crippen molar-refractivity contribution < 1.29 is 0 Å². The fourth-order valence-corrected chi connectivity index (χ4v) is 2.74. The van der Waals surface area contributed by atoms with E-state index < -0.39 is 0 Å². The van der Waals surface area contributed by atoms with Gasteiger partial charge in [-0.05, 0) is 30.4 Å². The van der Waals surface area contributed by atoms with Crippen molar-refractivity contribution in [3.63, 3.8) is 0 Å². The molecule has 1 aliphatic rings. The van der Waals surface area contributed by atoms with Crippen molar-refractivity contribution in [2.75, 3.05) is 5.32 Å². The molecule has 1 N–H and O–H groups in total. The van der Waals surface area contributed by atoms with Gasteiger partial charge in [-0.2, -0.15) is 0 Å². The third kappa shape index (κ3) is 2.75. The van der Waals surface area contributed by atoms with Crippen molar-refractivity contribution in [2.24, 2.45) is 0 Å². The first-order valence-corrected chi connectivity index (χ1v) is 6.99. The number of aromatic nitrogens is 2. The van der Waals surface area contributed by atoms with E-state index >= 15 is 0 Å². The molecule has 0 atom stereocenters. The second-order valence-electron chi connectivity index (χ2n) is 5.16. The summed E-state index contributed by atoms with van der Waals surface area (Å²) in [4.78, 5) is 8.62. The molecule has 3 heteroatoms. The highest BCUT2D eigenvalue weighted by molar-refractivity contribution is 5.41. The molecule has 0 saturated heterocycles. The standard InChI is InChI=1S/C16H19N3/c1-2-5-14-10-16(18-11-17-14)19-15-8-12-6-3-4-7-13(12)9-15/h3-4,6-7,10-11,15H,2,5,8-9H2,1H3,(H,17,18,19). The number of aryl methyl sites for hydroxylation is 1. The average Bonchev–Trinajstić information content (AvgIpc) is 2.81. The maximum Gasteiger partial charge on any atom is 0.129 e. The Balaban J connectivity index is 1.69. The Hall–Kier alpha value is -1.90. The predicted octanol–water partition coefficient (Wildman–Crippen LogP) is 3.01. The largest absolute Gasteiger partial charge is 0.367 e. The lowest BCUT2D eigenvalue weighted by Gasteiger charge is -2.13. The van der Waals surface area contributed by atoms with Crippen LogP contribution in [0.2, 0.25) is 0 Å². The average molecular weight is 253 g/mol. The Bertz CT molecular complexity index is 540. The molecule has 0 radical (unpaired) electrons. The van der Waals surface area contributed by atoms with Crippen molar-refractivity contribution in [1.29, 1.82) is 0 Å². The summed E-state index contributed by atoms with van der Waals surface area (Å²) < 4.78 is 0. The lowest BCUT2D eigenvalue weighted by atomic mass is 10.1. The summed E-state index contributed by atoms with van der Waals surface area (Å²) in [6.07, 6.45) is 5.97. The van der Waals surface area contributed by atoms with Gasteiger partial charge in [-0.1, -0.05) is 37.6 Å². The van der Waals surface area contributed by atoms with E-state index in [9.17, 15) is 0 Å². The molecule has 1 aromatic heterocycles. The molecule has 0 amide bonds. The molecule has 0 saturated carbocycles. The van der Waals surface area contributed by atoms with Crippen molar-refractivity contribution in [1.82, 2.24) is 9.97 Å². The van der Waals surface area contributed by atoms with Crippen LogP contribution in [0.25, 0.3) is 0 Å². The number of anilines is 1. The van der Waals surface area contributed by atoms with Crippen molar-refractivity contribution >= 4 is 5.82 Å². The van der Waals surface area contributed by atoms with Gasteiger partial charge in [0.05, 0.1) is 0 Å². The number of benzene rings is 1. The molecule has 0 bridgehead atoms. The highest BCUT2D eigenvalue weighted by Gasteiger charge is 2.20. The van der Waals surface area contributed by atoms with Crippen LogP contribution in [0, 0.1) is 0 Å². The number of rotatable bonds is 4. The van der Waals surface area contributed by atoms with Gasteiger partial charge in [-0.25, -0.2) is 9.97 Å². The van der Waals surface area contributed by atoms with Gasteiger partial charge in [0.2, 0.25) is 0 Å². The normalized spacial score (nSPS) is 14.4. The minimum absolute atomic E-state index is 0.460. The summed E-state index contributed by atoms with van der Waals surface area (Å²) in [5, 5.41) is 3.54. The molecule has 0 spiro atoms. The van der Waals surface area contributed by atoms with Crippen LogP contribution in [0.5, 0.6) is 0 Å². The molecule has 1 aliphatic carbocycles. The van der Waals surface area contributed by atoms with Gasteiger partial charge in [0.1, 0.15) is 12.1 Å². The summed E-state index contributed by atoms with van der Waals surface area (Å²) in [5.41, 5.74) is 4.04. The number of nitrogens with one attached hydrogen (secondary N) is 1. The van der Waals surface area contributed by atoms with Gasteiger partial charge in [0.15, 0.2) is 0 Å². The van der Waals surface area contributed by atoms with Crippen LogP contribution >= 0.6 is 0 Å². The molecule has 1 aromatic carbocycles. The minimum Gasteiger partial charge on any atom is -0.367 e. The fraction of sp³-hybridized carbons (Fsp3) is 0.375. The Kier molecular flexibility index (Phi) is 3.45. The van der Waals surface area contributed by atoms with Crippen LogP contribution in [-0.4, -0.2) is 16.0 Å². The second kappa shape index (κ2) is 5.39. The van der Waals surface area contributed by atoms with Crippen LogP contribution in [-0.2, 0) is 19.3 Å². The molecular formula is C16H19N3. The van der Waals surface area contributed by atoms with E-state index in [0.717, 1.165) is 37.2 Å². The van der Waals surface area contributed by atoms with E-state index in [2.05, 4.69) is 52.5 Å². The van der Waals surface area contributed by atoms with Crippen LogP contribution < -0.4 is 5.32 Å². The van der Waals surface area contributed by atoms with E-state index in [1.54, 1.807) is 6.33 Å². The number of hydrogen-bond acceptors (Lipinski definition) is 3. The van der Waals surface area contributed by atoms with Gasteiger partial charge < -0.3 is 5.32 Å². The summed E-state index contributed by atoms with van der Waals surface area (Å²) in [5.74, 6) is 0.955. The molecule has 0 aliphatic heterocycles. The van der Waals surface area contributed by atoms with Crippen LogP contribution in [0.4, 0.5) is 5.82 Å². The van der Waals surface area contributed by atoms with Crippen molar-refractivity contribution in [3.05, 3.63) is 53.5 Å². The monoisotopic (exact) mass is 253 g/mol. The van der Waals surface area contributed by atoms with Crippen LogP contribution in [0.1, 0.15) is 30.2 Å². The second-order valence-corrected chi connectivity index (χ2v) is 5.16. The third-order valence-electron chi connectivity index (χ3n) is 3.63. The maximum atomic E-state index is 4.33. The van der Waals surface area contributed by atoms with Crippen molar-refractivity contribution in [3.8, 4) is 0 Å². The Morgan fingerprint density at radius 3 is 2.58 bits per heavy atom. The van der Waals surface area contributed by atoms with Gasteiger partial charge >= 0.3 is 0 Å². The smallest absolute Gasteiger partial charge is 0.129 e. The zero-order valence-corrected chi connectivity index (χ0v) is 11.3. The van der Waals surface area contributed by atoms with E-state index in [-0.39, 0.29) is 0 Å². The first-order chi connectivity index (χ1) is 9.35. The van der Waals surface area contributed by atoms with Crippen LogP contribution in [0.3, 0.4) is 0 Å². The van der Waals surface area contributed by atoms with Gasteiger partial charge in [0.25, 0.3) is 0 Å². The summed E-state index contributed by atoms with van der Waals surface area (Å²) in [6, 6.07) is 11.2. The lowest BCUT2D eigenvalue weighted by molar-refractivity contribution is 0.765. The third-order valence-corrected chi connectivity index (χ3v) is 3.63. The van der Waals surface area contributed by atoms with Crippen molar-refractivity contribution in [2.45, 2.75) is 38.6 Å². The molecule has 3 nitrogen and oxygen atoms in total. The molecule has 3 rings (SSSR count). The van der Waals surface area contributed by atoms with E-state index in [4.69, 9.17) is 0 Å². The Morgan fingerprint density at radius 2 is 1.89 bits per heavy atom. The number of fused-ring (bicyclic) bond motifs is 1. The quantitative estimate of drug-likeness (QED) is 0.910. The minimum atomic E-state index is 0.460. The fourth-order valence-electron chi connectivity index (χ4n) is 2.74. The summed E-state index contributed by atoms with van der Waals surface area (Å²) in [6.45, 7) is 2.17. The van der Waals surface area contributed by atoms with Crippen LogP contribution in [0.15, 0.2) is 36.7 Å². The zero-order valence-electron chi connectivity index (χ0n) is 11.3. The highest BCUT2D eigenvalue weighted by Crippen LogP contribution is 2.23. The number of hydrogen-bond donors (Lipinski definition) is 1. The predicted molar refractivity (Wildman–Crippen MR) is 77.3 cm³/mol. The lowest BCUT2D eigenvalue weighted by Crippen LogP contribution is -2.20. The Morgan fingerprint density at radius 1 is 1.16 bits per heavy atom. The van der Waals surface area contributed by atoms with Gasteiger partial charge in [0, 0.05) is 17.8 Å².